The van der Waals surface area contributed by atoms with Crippen LogP contribution < -0.4 is 9.88 Å². The van der Waals surface area contributed by atoms with Gasteiger partial charge in [0.2, 0.25) is 10.0 Å². The Hall–Kier alpha value is -1.67. The first-order chi connectivity index (χ1) is 9.49. The summed E-state index contributed by atoms with van der Waals surface area (Å²) in [5.74, 6) is -0.203. The van der Waals surface area contributed by atoms with Crippen molar-refractivity contribution in [3.05, 3.63) is 34.4 Å². The van der Waals surface area contributed by atoms with E-state index in [1.54, 1.807) is 6.07 Å². The number of nitro benzene ring substituents is 1. The number of sulfonamides is 1. The molecule has 0 spiro atoms. The number of nitrogens with zero attached hydrogens (tertiary/aromatic N) is 1. The molecule has 21 heavy (non-hydrogen) atoms. The van der Waals surface area contributed by atoms with Crippen LogP contribution in [-0.2, 0) is 10.0 Å². The Morgan fingerprint density at radius 1 is 1.38 bits per heavy atom. The molecule has 0 aromatic heterocycles. The molecular formula is C13H20N2O5S. The Kier molecular flexibility index (Phi) is 5.30. The van der Waals surface area contributed by atoms with Crippen LogP contribution in [0.5, 0.6) is 5.75 Å². The maximum atomic E-state index is 11.3. The van der Waals surface area contributed by atoms with Crippen LogP contribution in [-0.4, -0.2) is 25.7 Å². The summed E-state index contributed by atoms with van der Waals surface area (Å²) in [6.45, 7) is 5.78. The van der Waals surface area contributed by atoms with Gasteiger partial charge in [-0.25, -0.2) is 13.6 Å². The highest BCUT2D eigenvalue weighted by Crippen LogP contribution is 2.28. The molecule has 0 aliphatic heterocycles. The van der Waals surface area contributed by atoms with Gasteiger partial charge < -0.3 is 4.74 Å². The van der Waals surface area contributed by atoms with Gasteiger partial charge in [-0.1, -0.05) is 26.8 Å². The van der Waals surface area contributed by atoms with E-state index in [0.29, 0.717) is 5.75 Å². The zero-order chi connectivity index (χ0) is 16.3. The second-order valence-corrected chi connectivity index (χ2v) is 7.62. The second kappa shape index (κ2) is 6.40. The Morgan fingerprint density at radius 3 is 2.48 bits per heavy atom. The van der Waals surface area contributed by atoms with Crippen LogP contribution in [0.4, 0.5) is 5.69 Å². The third-order valence-corrected chi connectivity index (χ3v) is 4.00. The first-order valence-electron chi connectivity index (χ1n) is 6.37. The highest BCUT2D eigenvalue weighted by Gasteiger charge is 2.29. The summed E-state index contributed by atoms with van der Waals surface area (Å²) < 4.78 is 28.1. The third-order valence-electron chi connectivity index (χ3n) is 3.14. The number of ether oxygens (including phenoxy) is 1. The van der Waals surface area contributed by atoms with E-state index in [1.165, 1.54) is 18.2 Å². The fraction of sp³-hybridized carbons (Fsp3) is 0.538. The molecule has 0 bridgehead atoms. The minimum absolute atomic E-state index is 0.0775. The van der Waals surface area contributed by atoms with E-state index in [-0.39, 0.29) is 29.4 Å². The Labute approximate surface area is 124 Å². The van der Waals surface area contributed by atoms with Crippen molar-refractivity contribution >= 4 is 15.7 Å². The van der Waals surface area contributed by atoms with E-state index >= 15 is 0 Å². The summed E-state index contributed by atoms with van der Waals surface area (Å²) in [6.07, 6.45) is 0. The molecule has 8 heteroatoms. The number of nitro groups is 1. The van der Waals surface area contributed by atoms with Gasteiger partial charge in [0, 0.05) is 12.0 Å². The Morgan fingerprint density at radius 2 is 2.00 bits per heavy atom. The topological polar surface area (TPSA) is 113 Å². The van der Waals surface area contributed by atoms with E-state index in [9.17, 15) is 18.5 Å². The number of primary sulfonamides is 1. The molecule has 2 N–H and O–H groups in total. The van der Waals surface area contributed by atoms with Gasteiger partial charge in [-0.2, -0.15) is 0 Å². The van der Waals surface area contributed by atoms with Gasteiger partial charge in [0.05, 0.1) is 23.3 Å². The molecule has 1 aromatic rings. The second-order valence-electron chi connectivity index (χ2n) is 5.96. The molecule has 1 aromatic carbocycles. The zero-order valence-electron chi connectivity index (χ0n) is 12.3. The molecule has 0 aliphatic rings. The number of rotatable bonds is 6. The van der Waals surface area contributed by atoms with E-state index < -0.39 is 14.9 Å². The number of nitrogens with two attached hydrogens (primary N) is 1. The Bertz CT molecular complexity index is 607. The largest absolute Gasteiger partial charge is 0.493 e. The Balaban J connectivity index is 2.82. The van der Waals surface area contributed by atoms with Crippen molar-refractivity contribution in [1.29, 1.82) is 0 Å². The lowest BCUT2D eigenvalue weighted by molar-refractivity contribution is -0.384. The highest BCUT2D eigenvalue weighted by atomic mass is 32.2. The number of hydrogen-bond donors (Lipinski definition) is 1. The van der Waals surface area contributed by atoms with Crippen molar-refractivity contribution in [3.8, 4) is 5.75 Å². The monoisotopic (exact) mass is 316 g/mol. The lowest BCUT2D eigenvalue weighted by Gasteiger charge is -2.29. The minimum Gasteiger partial charge on any atom is -0.493 e. The summed E-state index contributed by atoms with van der Waals surface area (Å²) in [5, 5.41) is 15.8. The molecule has 7 nitrogen and oxygen atoms in total. The molecule has 0 saturated heterocycles. The fourth-order valence-corrected chi connectivity index (χ4v) is 2.87. The summed E-state index contributed by atoms with van der Waals surface area (Å²) in [5.41, 5.74) is -0.404. The van der Waals surface area contributed by atoms with Crippen LogP contribution in [0.2, 0.25) is 0 Å². The van der Waals surface area contributed by atoms with E-state index in [0.717, 1.165) is 0 Å². The standard InChI is InChI=1S/C13H20N2O5S/c1-13(2,3)10(9-21(14,18)19)8-20-12-6-4-5-11(7-12)15(16)17/h4-7,10H,8-9H2,1-3H3,(H2,14,18,19). The van der Waals surface area contributed by atoms with E-state index in [1.807, 2.05) is 20.8 Å². The summed E-state index contributed by atoms with van der Waals surface area (Å²) in [4.78, 5) is 10.2. The summed E-state index contributed by atoms with van der Waals surface area (Å²) in [7, 11) is -3.62. The predicted molar refractivity (Wildman–Crippen MR) is 79.5 cm³/mol. The average Bonchev–Trinajstić information content (AvgIpc) is 2.32. The van der Waals surface area contributed by atoms with Crippen LogP contribution in [0, 0.1) is 21.4 Å². The quantitative estimate of drug-likeness (QED) is 0.636. The molecule has 1 unspecified atom stereocenters. The van der Waals surface area contributed by atoms with Crippen molar-refractivity contribution in [3.63, 3.8) is 0 Å². The van der Waals surface area contributed by atoms with E-state index in [4.69, 9.17) is 9.88 Å². The van der Waals surface area contributed by atoms with Crippen molar-refractivity contribution < 1.29 is 18.1 Å². The number of benzene rings is 1. The SMILES string of the molecule is CC(C)(C)C(COc1cccc([N+](=O)[O-])c1)CS(N)(=O)=O. The van der Waals surface area contributed by atoms with Crippen LogP contribution in [0.25, 0.3) is 0 Å². The number of non-ortho nitro benzene ring substituents is 1. The van der Waals surface area contributed by atoms with Gasteiger partial charge in [-0.15, -0.1) is 0 Å². The molecule has 118 valence electrons. The molecule has 0 amide bonds. The fourth-order valence-electron chi connectivity index (χ4n) is 1.71. The number of hydrogen-bond acceptors (Lipinski definition) is 5. The van der Waals surface area contributed by atoms with Crippen LogP contribution in [0.1, 0.15) is 20.8 Å². The molecule has 0 radical (unpaired) electrons. The van der Waals surface area contributed by atoms with Gasteiger partial charge in [0.25, 0.3) is 5.69 Å². The molecule has 0 saturated carbocycles. The molecule has 0 fully saturated rings. The molecule has 0 heterocycles. The van der Waals surface area contributed by atoms with Gasteiger partial charge >= 0.3 is 0 Å². The normalized spacial score (nSPS) is 13.7. The van der Waals surface area contributed by atoms with Crippen molar-refractivity contribution in [2.45, 2.75) is 20.8 Å². The van der Waals surface area contributed by atoms with E-state index in [2.05, 4.69) is 0 Å². The van der Waals surface area contributed by atoms with Gasteiger partial charge in [0.15, 0.2) is 0 Å². The maximum absolute atomic E-state index is 11.3. The van der Waals surface area contributed by atoms with Crippen molar-refractivity contribution in [2.24, 2.45) is 16.5 Å². The van der Waals surface area contributed by atoms with Gasteiger partial charge in [0.1, 0.15) is 5.75 Å². The maximum Gasteiger partial charge on any atom is 0.273 e. The summed E-state index contributed by atoms with van der Waals surface area (Å²) in [6, 6.07) is 5.76. The van der Waals surface area contributed by atoms with Crippen LogP contribution >= 0.6 is 0 Å². The van der Waals surface area contributed by atoms with Crippen LogP contribution in [0.15, 0.2) is 24.3 Å². The van der Waals surface area contributed by atoms with Crippen molar-refractivity contribution in [1.82, 2.24) is 0 Å². The van der Waals surface area contributed by atoms with Gasteiger partial charge in [-0.05, 0) is 11.5 Å². The molecular weight excluding hydrogens is 296 g/mol. The van der Waals surface area contributed by atoms with Crippen molar-refractivity contribution in [2.75, 3.05) is 12.4 Å². The van der Waals surface area contributed by atoms with Crippen LogP contribution in [0.3, 0.4) is 0 Å². The first kappa shape index (κ1) is 17.4. The average molecular weight is 316 g/mol. The smallest absolute Gasteiger partial charge is 0.273 e. The zero-order valence-corrected chi connectivity index (χ0v) is 13.1. The molecule has 1 rings (SSSR count). The predicted octanol–water partition coefficient (Wildman–Crippen LogP) is 1.92. The minimum atomic E-state index is -3.62. The summed E-state index contributed by atoms with van der Waals surface area (Å²) >= 11 is 0. The lowest BCUT2D eigenvalue weighted by Crippen LogP contribution is -2.35. The highest BCUT2D eigenvalue weighted by molar-refractivity contribution is 7.89. The molecule has 0 aliphatic carbocycles. The third kappa shape index (κ3) is 6.09. The van der Waals surface area contributed by atoms with Gasteiger partial charge in [-0.3, -0.25) is 10.1 Å². The first-order valence-corrected chi connectivity index (χ1v) is 8.08. The molecule has 1 atom stereocenters. The lowest BCUT2D eigenvalue weighted by atomic mass is 9.82.